The number of carbonyl (C=O) groups excluding carboxylic acids is 1. The number of carbonyl (C=O) groups is 1. The fourth-order valence-corrected chi connectivity index (χ4v) is 2.39. The van der Waals surface area contributed by atoms with Crippen molar-refractivity contribution in [1.29, 1.82) is 0 Å². The molecule has 0 amide bonds. The minimum Gasteiger partial charge on any atom is -0.460 e. The molecular weight excluding hydrogens is 366 g/mol. The van der Waals surface area contributed by atoms with Crippen LogP contribution in [0.4, 0.5) is 0 Å². The van der Waals surface area contributed by atoms with Crippen LogP contribution in [-0.2, 0) is 11.3 Å². The Morgan fingerprint density at radius 3 is 2.48 bits per heavy atom. The number of hydrogen-bond donors (Lipinski definition) is 2. The Bertz CT molecular complexity index is 622. The summed E-state index contributed by atoms with van der Waals surface area (Å²) in [5, 5.41) is 19.1. The lowest BCUT2D eigenvalue weighted by Crippen LogP contribution is -2.30. The maximum absolute atomic E-state index is 12.1. The van der Waals surface area contributed by atoms with Gasteiger partial charge in [-0.15, -0.1) is 17.0 Å². The van der Waals surface area contributed by atoms with Gasteiger partial charge in [-0.2, -0.15) is 0 Å². The molecule has 1 aromatic carbocycles. The summed E-state index contributed by atoms with van der Waals surface area (Å²) in [5.74, 6) is -0.314. The zero-order chi connectivity index (χ0) is 15.9. The molecule has 0 radical (unpaired) electrons. The summed E-state index contributed by atoms with van der Waals surface area (Å²) in [6.45, 7) is 3.17. The average molecular weight is 388 g/mol. The third-order valence-electron chi connectivity index (χ3n) is 3.37. The summed E-state index contributed by atoms with van der Waals surface area (Å²) >= 11 is 0. The molecule has 2 rings (SSSR count). The van der Waals surface area contributed by atoms with Crippen LogP contribution < -0.4 is 0 Å². The first-order valence-electron chi connectivity index (χ1n) is 7.32. The molecule has 0 aliphatic heterocycles. The van der Waals surface area contributed by atoms with Crippen LogP contribution in [-0.4, -0.2) is 54.0 Å². The number of para-hydroxylation sites is 1. The van der Waals surface area contributed by atoms with Crippen LogP contribution in [0.2, 0.25) is 0 Å². The van der Waals surface area contributed by atoms with E-state index < -0.39 is 5.97 Å². The number of nitrogens with zero attached hydrogens (tertiary/aromatic N) is 1. The van der Waals surface area contributed by atoms with Gasteiger partial charge in [-0.25, -0.2) is 4.79 Å². The standard InChI is InChI=1S/C16H21NO5.BrH/c1-2-21-16(20)15-13(11-17(7-9-18)8-10-19)12-5-3-4-6-14(12)22-15;/h3-6,18-19H,2,7-11H2,1H3;1H. The number of rotatable bonds is 8. The van der Waals surface area contributed by atoms with Crippen LogP contribution >= 0.6 is 17.0 Å². The second-order valence-corrected chi connectivity index (χ2v) is 4.85. The first-order chi connectivity index (χ1) is 10.7. The number of ether oxygens (including phenoxy) is 1. The zero-order valence-electron chi connectivity index (χ0n) is 13.0. The molecular formula is C16H22BrNO5. The van der Waals surface area contributed by atoms with Crippen molar-refractivity contribution in [3.63, 3.8) is 0 Å². The smallest absolute Gasteiger partial charge is 0.374 e. The number of halogens is 1. The van der Waals surface area contributed by atoms with Crippen LogP contribution in [0.15, 0.2) is 28.7 Å². The van der Waals surface area contributed by atoms with Crippen molar-refractivity contribution in [1.82, 2.24) is 4.90 Å². The number of aliphatic hydroxyl groups is 2. The summed E-state index contributed by atoms with van der Waals surface area (Å²) in [7, 11) is 0. The lowest BCUT2D eigenvalue weighted by atomic mass is 10.1. The van der Waals surface area contributed by atoms with E-state index in [0.717, 1.165) is 10.9 Å². The zero-order valence-corrected chi connectivity index (χ0v) is 14.7. The SMILES string of the molecule is Br.CCOC(=O)c1oc2ccccc2c1CN(CCO)CCO. The van der Waals surface area contributed by atoms with Crippen molar-refractivity contribution in [2.75, 3.05) is 32.9 Å². The number of aliphatic hydroxyl groups excluding tert-OH is 2. The van der Waals surface area contributed by atoms with Gasteiger partial charge in [0.25, 0.3) is 0 Å². The number of benzene rings is 1. The maximum Gasteiger partial charge on any atom is 0.374 e. The molecule has 2 N–H and O–H groups in total. The highest BCUT2D eigenvalue weighted by atomic mass is 79.9. The van der Waals surface area contributed by atoms with Gasteiger partial charge in [-0.05, 0) is 13.0 Å². The minimum absolute atomic E-state index is 0. The van der Waals surface area contributed by atoms with Crippen molar-refractivity contribution in [3.05, 3.63) is 35.6 Å². The molecule has 2 aromatic rings. The predicted molar refractivity (Wildman–Crippen MR) is 91.9 cm³/mol. The lowest BCUT2D eigenvalue weighted by Gasteiger charge is -2.20. The van der Waals surface area contributed by atoms with Gasteiger partial charge in [-0.1, -0.05) is 18.2 Å². The maximum atomic E-state index is 12.1. The molecule has 0 aliphatic carbocycles. The fourth-order valence-electron chi connectivity index (χ4n) is 2.39. The van der Waals surface area contributed by atoms with E-state index >= 15 is 0 Å². The van der Waals surface area contributed by atoms with Gasteiger partial charge in [0.15, 0.2) is 0 Å². The van der Waals surface area contributed by atoms with Crippen LogP contribution in [0.5, 0.6) is 0 Å². The molecule has 1 heterocycles. The van der Waals surface area contributed by atoms with Crippen molar-refractivity contribution in [2.45, 2.75) is 13.5 Å². The molecule has 23 heavy (non-hydrogen) atoms. The molecule has 0 fully saturated rings. The quantitative estimate of drug-likeness (QED) is 0.673. The molecule has 128 valence electrons. The molecule has 0 aliphatic rings. The van der Waals surface area contributed by atoms with Gasteiger partial charge in [0.2, 0.25) is 5.76 Å². The number of fused-ring (bicyclic) bond motifs is 1. The molecule has 0 saturated heterocycles. The van der Waals surface area contributed by atoms with E-state index in [2.05, 4.69) is 0 Å². The van der Waals surface area contributed by atoms with Gasteiger partial charge in [0, 0.05) is 30.6 Å². The Kier molecular flexibility index (Phi) is 8.25. The first-order valence-corrected chi connectivity index (χ1v) is 7.32. The molecule has 6 nitrogen and oxygen atoms in total. The summed E-state index contributed by atoms with van der Waals surface area (Å²) in [5.41, 5.74) is 1.34. The summed E-state index contributed by atoms with van der Waals surface area (Å²) in [6, 6.07) is 7.39. The van der Waals surface area contributed by atoms with E-state index in [0.29, 0.717) is 25.2 Å². The van der Waals surface area contributed by atoms with Gasteiger partial charge >= 0.3 is 5.97 Å². The molecule has 0 atom stereocenters. The summed E-state index contributed by atoms with van der Waals surface area (Å²) in [6.07, 6.45) is 0. The number of esters is 1. The van der Waals surface area contributed by atoms with E-state index in [1.165, 1.54) is 0 Å². The molecule has 0 spiro atoms. The van der Waals surface area contributed by atoms with Crippen LogP contribution in [0, 0.1) is 0 Å². The largest absolute Gasteiger partial charge is 0.460 e. The molecule has 1 aromatic heterocycles. The molecule has 0 saturated carbocycles. The van der Waals surface area contributed by atoms with Gasteiger partial charge in [0.05, 0.1) is 19.8 Å². The highest BCUT2D eigenvalue weighted by Crippen LogP contribution is 2.27. The summed E-state index contributed by atoms with van der Waals surface area (Å²) < 4.78 is 10.7. The van der Waals surface area contributed by atoms with E-state index in [4.69, 9.17) is 19.4 Å². The van der Waals surface area contributed by atoms with Crippen molar-refractivity contribution in [2.24, 2.45) is 0 Å². The monoisotopic (exact) mass is 387 g/mol. The van der Waals surface area contributed by atoms with E-state index in [9.17, 15) is 4.79 Å². The van der Waals surface area contributed by atoms with Crippen molar-refractivity contribution < 1.29 is 24.2 Å². The Hall–Kier alpha value is -1.41. The predicted octanol–water partition coefficient (Wildman–Crippen LogP) is 1.97. The third-order valence-corrected chi connectivity index (χ3v) is 3.37. The second-order valence-electron chi connectivity index (χ2n) is 4.85. The molecule has 7 heteroatoms. The fraction of sp³-hybridized carbons (Fsp3) is 0.438. The van der Waals surface area contributed by atoms with Gasteiger partial charge < -0.3 is 19.4 Å². The average Bonchev–Trinajstić information content (AvgIpc) is 2.87. The van der Waals surface area contributed by atoms with Gasteiger partial charge in [0.1, 0.15) is 5.58 Å². The van der Waals surface area contributed by atoms with E-state index in [1.807, 2.05) is 23.1 Å². The minimum atomic E-state index is -0.498. The Morgan fingerprint density at radius 2 is 1.87 bits per heavy atom. The topological polar surface area (TPSA) is 83.1 Å². The molecule has 0 unspecified atom stereocenters. The van der Waals surface area contributed by atoms with Crippen LogP contribution in [0.1, 0.15) is 23.0 Å². The van der Waals surface area contributed by atoms with Gasteiger partial charge in [-0.3, -0.25) is 4.90 Å². The van der Waals surface area contributed by atoms with Crippen molar-refractivity contribution in [3.8, 4) is 0 Å². The van der Waals surface area contributed by atoms with E-state index in [1.54, 1.807) is 13.0 Å². The number of furan rings is 1. The van der Waals surface area contributed by atoms with Crippen molar-refractivity contribution >= 4 is 33.9 Å². The van der Waals surface area contributed by atoms with E-state index in [-0.39, 0.29) is 42.6 Å². The molecule has 0 bridgehead atoms. The Morgan fingerprint density at radius 1 is 1.22 bits per heavy atom. The van der Waals surface area contributed by atoms with Crippen LogP contribution in [0.25, 0.3) is 11.0 Å². The number of hydrogen-bond acceptors (Lipinski definition) is 6. The second kappa shape index (κ2) is 9.67. The highest BCUT2D eigenvalue weighted by Gasteiger charge is 2.23. The Balaban J connectivity index is 0.00000264. The lowest BCUT2D eigenvalue weighted by molar-refractivity contribution is 0.0489. The summed E-state index contributed by atoms with van der Waals surface area (Å²) in [4.78, 5) is 14.0. The first kappa shape index (κ1) is 19.6. The Labute approximate surface area is 145 Å². The normalized spacial score (nSPS) is 10.8. The third kappa shape index (κ3) is 4.78. The van der Waals surface area contributed by atoms with Crippen LogP contribution in [0.3, 0.4) is 0 Å². The highest BCUT2D eigenvalue weighted by molar-refractivity contribution is 8.93.